The number of Topliss-reactive ketones (excluding diaryl/α,β-unsaturated/α-hetero) is 1. The van der Waals surface area contributed by atoms with Gasteiger partial charge in [0.2, 0.25) is 0 Å². The molecule has 0 aromatic rings. The summed E-state index contributed by atoms with van der Waals surface area (Å²) < 4.78 is 5.49. The minimum Gasteiger partial charge on any atom is -0.378 e. The van der Waals surface area contributed by atoms with E-state index in [0.717, 1.165) is 38.7 Å². The molecular formula is C11H19NO2. The number of carbonyl (C=O) groups is 1. The molecule has 1 saturated heterocycles. The third-order valence-corrected chi connectivity index (χ3v) is 3.55. The van der Waals surface area contributed by atoms with Crippen LogP contribution in [0.5, 0.6) is 0 Å². The number of ketones is 1. The van der Waals surface area contributed by atoms with Crippen LogP contribution in [0.3, 0.4) is 0 Å². The third-order valence-electron chi connectivity index (χ3n) is 3.55. The molecule has 14 heavy (non-hydrogen) atoms. The van der Waals surface area contributed by atoms with Gasteiger partial charge in [0.15, 0.2) is 0 Å². The van der Waals surface area contributed by atoms with Gasteiger partial charge < -0.3 is 10.5 Å². The van der Waals surface area contributed by atoms with E-state index in [1.807, 2.05) is 0 Å². The Balaban J connectivity index is 1.72. The van der Waals surface area contributed by atoms with Crippen LogP contribution in [0, 0.1) is 5.41 Å². The molecule has 2 rings (SSSR count). The Morgan fingerprint density at radius 2 is 2.29 bits per heavy atom. The maximum Gasteiger partial charge on any atom is 0.140 e. The van der Waals surface area contributed by atoms with E-state index < -0.39 is 0 Å². The minimum atomic E-state index is -0.112. The average Bonchev–Trinajstić information content (AvgIpc) is 2.84. The van der Waals surface area contributed by atoms with Crippen LogP contribution < -0.4 is 5.73 Å². The lowest BCUT2D eigenvalue weighted by Gasteiger charge is -2.13. The molecule has 2 aliphatic rings. The van der Waals surface area contributed by atoms with E-state index in [1.54, 1.807) is 0 Å². The van der Waals surface area contributed by atoms with Crippen LogP contribution in [0.15, 0.2) is 0 Å². The van der Waals surface area contributed by atoms with Crippen molar-refractivity contribution in [3.63, 3.8) is 0 Å². The van der Waals surface area contributed by atoms with E-state index in [4.69, 9.17) is 10.5 Å². The molecule has 2 fully saturated rings. The first-order valence-electron chi connectivity index (χ1n) is 5.62. The van der Waals surface area contributed by atoms with Gasteiger partial charge in [0.05, 0.1) is 6.10 Å². The van der Waals surface area contributed by atoms with E-state index in [2.05, 4.69) is 0 Å². The first-order chi connectivity index (χ1) is 6.77. The van der Waals surface area contributed by atoms with E-state index in [0.29, 0.717) is 24.9 Å². The highest BCUT2D eigenvalue weighted by molar-refractivity contribution is 5.87. The Bertz CT molecular complexity index is 217. The van der Waals surface area contributed by atoms with Gasteiger partial charge in [-0.2, -0.15) is 0 Å². The fourth-order valence-electron chi connectivity index (χ4n) is 2.18. The molecule has 3 heteroatoms. The van der Waals surface area contributed by atoms with Gasteiger partial charge in [0.25, 0.3) is 0 Å². The van der Waals surface area contributed by atoms with Gasteiger partial charge in [0.1, 0.15) is 5.78 Å². The van der Waals surface area contributed by atoms with Crippen LogP contribution in [0.4, 0.5) is 0 Å². The zero-order chi connectivity index (χ0) is 10.0. The van der Waals surface area contributed by atoms with Crippen LogP contribution in [0.25, 0.3) is 0 Å². The van der Waals surface area contributed by atoms with E-state index in [1.165, 1.54) is 0 Å². The molecule has 1 aliphatic heterocycles. The monoisotopic (exact) mass is 197 g/mol. The fraction of sp³-hybridized carbons (Fsp3) is 0.909. The summed E-state index contributed by atoms with van der Waals surface area (Å²) in [7, 11) is 0. The predicted molar refractivity (Wildman–Crippen MR) is 53.9 cm³/mol. The Labute approximate surface area is 85.0 Å². The zero-order valence-corrected chi connectivity index (χ0v) is 8.63. The number of carbonyl (C=O) groups excluding carboxylic acids is 1. The maximum atomic E-state index is 11.8. The molecule has 0 radical (unpaired) electrons. The van der Waals surface area contributed by atoms with Crippen LogP contribution in [0.1, 0.15) is 38.5 Å². The summed E-state index contributed by atoms with van der Waals surface area (Å²) in [5.74, 6) is 0.371. The van der Waals surface area contributed by atoms with Gasteiger partial charge in [-0.25, -0.2) is 0 Å². The quantitative estimate of drug-likeness (QED) is 0.721. The van der Waals surface area contributed by atoms with Crippen LogP contribution in [-0.4, -0.2) is 25.0 Å². The summed E-state index contributed by atoms with van der Waals surface area (Å²) in [4.78, 5) is 11.8. The Hall–Kier alpha value is -0.410. The Morgan fingerprint density at radius 1 is 1.50 bits per heavy atom. The average molecular weight is 197 g/mol. The summed E-state index contributed by atoms with van der Waals surface area (Å²) in [6.07, 6.45) is 6.21. The molecule has 0 aromatic heterocycles. The highest BCUT2D eigenvalue weighted by Gasteiger charge is 2.47. The summed E-state index contributed by atoms with van der Waals surface area (Å²) in [6.45, 7) is 1.41. The highest BCUT2D eigenvalue weighted by Crippen LogP contribution is 2.46. The topological polar surface area (TPSA) is 52.3 Å². The number of nitrogens with two attached hydrogens (primary N) is 1. The van der Waals surface area contributed by atoms with Crippen molar-refractivity contribution in [1.29, 1.82) is 0 Å². The standard InChI is InChI=1S/C11H19NO2/c12-8-11(5-6-11)10(13)4-3-9-2-1-7-14-9/h9H,1-8,12H2. The van der Waals surface area contributed by atoms with Gasteiger partial charge in [-0.15, -0.1) is 0 Å². The van der Waals surface area contributed by atoms with Crippen LogP contribution >= 0.6 is 0 Å². The number of rotatable bonds is 5. The molecule has 0 spiro atoms. The van der Waals surface area contributed by atoms with Gasteiger partial charge in [-0.05, 0) is 32.1 Å². The molecule has 1 heterocycles. The third kappa shape index (κ3) is 1.98. The van der Waals surface area contributed by atoms with Gasteiger partial charge in [-0.3, -0.25) is 4.79 Å². The van der Waals surface area contributed by atoms with E-state index >= 15 is 0 Å². The minimum absolute atomic E-state index is 0.112. The summed E-state index contributed by atoms with van der Waals surface area (Å²) in [5, 5.41) is 0. The first-order valence-corrected chi connectivity index (χ1v) is 5.62. The van der Waals surface area contributed by atoms with Crippen molar-refractivity contribution >= 4 is 5.78 Å². The number of hydrogen-bond donors (Lipinski definition) is 1. The molecule has 1 saturated carbocycles. The summed E-state index contributed by atoms with van der Waals surface area (Å²) in [6, 6.07) is 0. The molecule has 1 unspecified atom stereocenters. The SMILES string of the molecule is NCC1(C(=O)CCC2CCCO2)CC1. The smallest absolute Gasteiger partial charge is 0.140 e. The Morgan fingerprint density at radius 3 is 2.79 bits per heavy atom. The highest BCUT2D eigenvalue weighted by atomic mass is 16.5. The second-order valence-corrected chi connectivity index (χ2v) is 4.58. The lowest BCUT2D eigenvalue weighted by atomic mass is 9.96. The van der Waals surface area contributed by atoms with Gasteiger partial charge >= 0.3 is 0 Å². The molecule has 0 bridgehead atoms. The van der Waals surface area contributed by atoms with Crippen LogP contribution in [-0.2, 0) is 9.53 Å². The summed E-state index contributed by atoms with van der Waals surface area (Å²) >= 11 is 0. The van der Waals surface area contributed by atoms with Crippen molar-refractivity contribution in [1.82, 2.24) is 0 Å². The van der Waals surface area contributed by atoms with Crippen LogP contribution in [0.2, 0.25) is 0 Å². The van der Waals surface area contributed by atoms with E-state index in [9.17, 15) is 4.79 Å². The lowest BCUT2D eigenvalue weighted by molar-refractivity contribution is -0.124. The normalized spacial score (nSPS) is 29.1. The first kappa shape index (κ1) is 10.1. The molecule has 80 valence electrons. The second-order valence-electron chi connectivity index (χ2n) is 4.58. The molecule has 0 amide bonds. The van der Waals surface area contributed by atoms with Crippen molar-refractivity contribution in [2.45, 2.75) is 44.6 Å². The van der Waals surface area contributed by atoms with E-state index in [-0.39, 0.29) is 5.41 Å². The van der Waals surface area contributed by atoms with Crippen molar-refractivity contribution in [3.8, 4) is 0 Å². The molecule has 0 aromatic carbocycles. The molecule has 1 atom stereocenters. The molecule has 2 N–H and O–H groups in total. The van der Waals surface area contributed by atoms with Gasteiger partial charge in [0, 0.05) is 25.0 Å². The molecule has 3 nitrogen and oxygen atoms in total. The zero-order valence-electron chi connectivity index (χ0n) is 8.63. The van der Waals surface area contributed by atoms with Crippen molar-refractivity contribution in [2.24, 2.45) is 11.1 Å². The largest absolute Gasteiger partial charge is 0.378 e. The van der Waals surface area contributed by atoms with Crippen molar-refractivity contribution in [3.05, 3.63) is 0 Å². The van der Waals surface area contributed by atoms with Crippen molar-refractivity contribution in [2.75, 3.05) is 13.2 Å². The fourth-order valence-corrected chi connectivity index (χ4v) is 2.18. The summed E-state index contributed by atoms with van der Waals surface area (Å²) in [5.41, 5.74) is 5.49. The molecular weight excluding hydrogens is 178 g/mol. The maximum absolute atomic E-state index is 11.8. The van der Waals surface area contributed by atoms with Gasteiger partial charge in [-0.1, -0.05) is 0 Å². The Kier molecular flexibility index (Phi) is 2.88. The number of hydrogen-bond acceptors (Lipinski definition) is 3. The predicted octanol–water partition coefficient (Wildman–Crippen LogP) is 1.25. The number of ether oxygens (including phenoxy) is 1. The second kappa shape index (κ2) is 3.99. The van der Waals surface area contributed by atoms with Crippen molar-refractivity contribution < 1.29 is 9.53 Å². The lowest BCUT2D eigenvalue weighted by Crippen LogP contribution is -2.26. The molecule has 1 aliphatic carbocycles.